The van der Waals surface area contributed by atoms with Gasteiger partial charge in [-0.1, -0.05) is 18.7 Å². The number of rotatable bonds is 1. The van der Waals surface area contributed by atoms with Crippen molar-refractivity contribution in [3.8, 4) is 0 Å². The van der Waals surface area contributed by atoms with Gasteiger partial charge in [-0.15, -0.1) is 0 Å². The van der Waals surface area contributed by atoms with E-state index in [0.717, 1.165) is 0 Å². The minimum atomic E-state index is -1.79. The van der Waals surface area contributed by atoms with Gasteiger partial charge in [-0.05, 0) is 6.16 Å². The Kier molecular flexibility index (Phi) is 3.12. The van der Waals surface area contributed by atoms with Crippen LogP contribution in [0.25, 0.3) is 0 Å². The predicted molar refractivity (Wildman–Crippen MR) is 27.3 cm³/mol. The first-order valence-corrected chi connectivity index (χ1v) is 4.17. The molecule has 32 valence electrons. The highest BCUT2D eigenvalue weighted by molar-refractivity contribution is 8.02. The molecule has 0 radical (unpaired) electrons. The number of hydrogen-bond donors (Lipinski definition) is 0. The second kappa shape index (κ2) is 2.80. The smallest absolute Gasteiger partial charge is 0.103 e. The molecule has 0 aromatic carbocycles. The van der Waals surface area contributed by atoms with E-state index in [1.165, 1.54) is 0 Å². The van der Waals surface area contributed by atoms with E-state index in [9.17, 15) is 4.20 Å². The summed E-state index contributed by atoms with van der Waals surface area (Å²) in [6.07, 6.45) is 0.556. The molecule has 0 aliphatic rings. The Balaban J connectivity index is 2.85. The molecular formula is C2H6FPS. The molecule has 0 heterocycles. The molecule has 0 nitrogen and oxygen atoms in total. The van der Waals surface area contributed by atoms with E-state index in [0.29, 0.717) is 6.16 Å². The van der Waals surface area contributed by atoms with Crippen LogP contribution in [0.4, 0.5) is 4.20 Å². The first-order valence-electron chi connectivity index (χ1n) is 1.45. The van der Waals surface area contributed by atoms with Crippen LogP contribution in [0.5, 0.6) is 0 Å². The Labute approximate surface area is 36.9 Å². The molecule has 0 aromatic heterocycles. The Morgan fingerprint density at radius 2 is 2.20 bits per heavy atom. The van der Waals surface area contributed by atoms with E-state index in [1.54, 1.807) is 6.92 Å². The fourth-order valence-corrected chi connectivity index (χ4v) is 0. The van der Waals surface area contributed by atoms with E-state index in [4.69, 9.17) is 0 Å². The maximum atomic E-state index is 11.3. The number of hydrogen-bond acceptors (Lipinski definition) is 1. The molecule has 0 aliphatic carbocycles. The lowest BCUT2D eigenvalue weighted by Gasteiger charge is -1.73. The largest absolute Gasteiger partial charge is 0.221 e. The molecule has 5 heavy (non-hydrogen) atoms. The SMILES string of the molecule is CC[PH](F)=S. The van der Waals surface area contributed by atoms with Crippen molar-refractivity contribution < 1.29 is 4.20 Å². The van der Waals surface area contributed by atoms with Crippen LogP contribution in [0.15, 0.2) is 0 Å². The monoisotopic (exact) mass is 112 g/mol. The van der Waals surface area contributed by atoms with E-state index in [1.807, 2.05) is 0 Å². The van der Waals surface area contributed by atoms with Gasteiger partial charge in [-0.3, -0.25) is 0 Å². The molecule has 0 N–H and O–H groups in total. The highest BCUT2D eigenvalue weighted by Gasteiger charge is 1.74. The quantitative estimate of drug-likeness (QED) is 0.464. The minimum absolute atomic E-state index is 0.556. The van der Waals surface area contributed by atoms with Crippen molar-refractivity contribution in [1.82, 2.24) is 0 Å². The van der Waals surface area contributed by atoms with Gasteiger partial charge < -0.3 is 0 Å². The molecule has 0 rings (SSSR count). The fraction of sp³-hybridized carbons (Fsp3) is 1.00. The summed E-state index contributed by atoms with van der Waals surface area (Å²) in [7, 11) is -1.79. The van der Waals surface area contributed by atoms with Crippen LogP contribution in [0.2, 0.25) is 0 Å². The summed E-state index contributed by atoms with van der Waals surface area (Å²) in [5.74, 6) is 0. The molecule has 0 amide bonds. The lowest BCUT2D eigenvalue weighted by atomic mass is 11.0. The van der Waals surface area contributed by atoms with Crippen LogP contribution in [0.3, 0.4) is 0 Å². The van der Waals surface area contributed by atoms with Gasteiger partial charge >= 0.3 is 0 Å². The van der Waals surface area contributed by atoms with Crippen molar-refractivity contribution in [1.29, 1.82) is 0 Å². The van der Waals surface area contributed by atoms with E-state index < -0.39 is 7.01 Å². The van der Waals surface area contributed by atoms with Gasteiger partial charge in [0.25, 0.3) is 0 Å². The molecule has 0 bridgehead atoms. The first-order chi connectivity index (χ1) is 2.27. The van der Waals surface area contributed by atoms with Crippen LogP contribution >= 0.6 is 7.01 Å². The standard InChI is InChI=1S/C2H6FPS/c1-2-4(3)5/h4H,2H2,1H3. The van der Waals surface area contributed by atoms with Gasteiger partial charge in [0.2, 0.25) is 0 Å². The van der Waals surface area contributed by atoms with Crippen LogP contribution < -0.4 is 0 Å². The predicted octanol–water partition coefficient (Wildman–Crippen LogP) is 1.57. The Bertz CT molecular complexity index is 44.9. The molecule has 0 aliphatic heterocycles. The molecule has 1 unspecified atom stereocenters. The number of halogens is 1. The molecule has 0 saturated heterocycles. The van der Waals surface area contributed by atoms with Crippen LogP contribution in [0, 0.1) is 0 Å². The third-order valence-electron chi connectivity index (χ3n) is 0.278. The van der Waals surface area contributed by atoms with Gasteiger partial charge in [0.05, 0.1) is 0 Å². The average Bonchev–Trinajstić information content (AvgIpc) is 1.38. The summed E-state index contributed by atoms with van der Waals surface area (Å²) in [5, 5.41) is 0. The van der Waals surface area contributed by atoms with Gasteiger partial charge in [-0.2, -0.15) is 0 Å². The van der Waals surface area contributed by atoms with Crippen molar-refractivity contribution >= 4 is 18.8 Å². The maximum Gasteiger partial charge on any atom is 0.103 e. The normalized spacial score (nSPS) is 14.8. The van der Waals surface area contributed by atoms with Crippen molar-refractivity contribution in [2.75, 3.05) is 6.16 Å². The Morgan fingerprint density at radius 3 is 2.20 bits per heavy atom. The highest BCUT2D eigenvalue weighted by Crippen LogP contribution is 2.19. The Hall–Kier alpha value is 0.580. The van der Waals surface area contributed by atoms with Crippen molar-refractivity contribution in [3.05, 3.63) is 0 Å². The van der Waals surface area contributed by atoms with Gasteiger partial charge in [0.15, 0.2) is 0 Å². The summed E-state index contributed by atoms with van der Waals surface area (Å²) in [4.78, 5) is 0. The molecule has 1 atom stereocenters. The fourth-order valence-electron chi connectivity index (χ4n) is 0. The molecule has 3 heteroatoms. The van der Waals surface area contributed by atoms with Gasteiger partial charge in [0.1, 0.15) is 7.01 Å². The topological polar surface area (TPSA) is 0 Å². The molecular weight excluding hydrogens is 106 g/mol. The van der Waals surface area contributed by atoms with Crippen molar-refractivity contribution in [3.63, 3.8) is 0 Å². The lowest BCUT2D eigenvalue weighted by Crippen LogP contribution is -1.49. The average molecular weight is 112 g/mol. The Morgan fingerprint density at radius 1 is 2.00 bits per heavy atom. The van der Waals surface area contributed by atoms with Crippen LogP contribution in [-0.2, 0) is 11.8 Å². The molecule has 0 saturated carbocycles. The van der Waals surface area contributed by atoms with Gasteiger partial charge in [0, 0.05) is 0 Å². The summed E-state index contributed by atoms with van der Waals surface area (Å²) >= 11 is 4.22. The van der Waals surface area contributed by atoms with Gasteiger partial charge in [-0.25, -0.2) is 4.20 Å². The summed E-state index contributed by atoms with van der Waals surface area (Å²) in [5.41, 5.74) is 0. The zero-order valence-corrected chi connectivity index (χ0v) is 4.81. The zero-order chi connectivity index (χ0) is 4.28. The second-order valence-corrected chi connectivity index (χ2v) is 3.45. The third kappa shape index (κ3) is 4.58. The van der Waals surface area contributed by atoms with E-state index in [-0.39, 0.29) is 0 Å². The first kappa shape index (κ1) is 5.58. The van der Waals surface area contributed by atoms with E-state index in [2.05, 4.69) is 11.8 Å². The van der Waals surface area contributed by atoms with Crippen LogP contribution in [-0.4, -0.2) is 6.16 Å². The summed E-state index contributed by atoms with van der Waals surface area (Å²) in [6.45, 7) is 1.77. The second-order valence-electron chi connectivity index (χ2n) is 0.709. The highest BCUT2D eigenvalue weighted by atomic mass is 32.4. The maximum absolute atomic E-state index is 11.3. The zero-order valence-electron chi connectivity index (χ0n) is 2.99. The third-order valence-corrected chi connectivity index (χ3v) is 1.70. The van der Waals surface area contributed by atoms with E-state index >= 15 is 0 Å². The molecule has 0 fully saturated rings. The van der Waals surface area contributed by atoms with Crippen molar-refractivity contribution in [2.45, 2.75) is 6.92 Å². The summed E-state index contributed by atoms with van der Waals surface area (Å²) < 4.78 is 11.3. The van der Waals surface area contributed by atoms with Crippen molar-refractivity contribution in [2.24, 2.45) is 0 Å². The molecule has 0 aromatic rings. The summed E-state index contributed by atoms with van der Waals surface area (Å²) in [6, 6.07) is 0. The minimum Gasteiger partial charge on any atom is -0.221 e. The van der Waals surface area contributed by atoms with Crippen LogP contribution in [0.1, 0.15) is 6.92 Å². The molecule has 0 spiro atoms. The lowest BCUT2D eigenvalue weighted by molar-refractivity contribution is 0.912.